The van der Waals surface area contributed by atoms with E-state index in [0.717, 1.165) is 12.2 Å². The van der Waals surface area contributed by atoms with Crippen molar-refractivity contribution in [3.05, 3.63) is 36.5 Å². The van der Waals surface area contributed by atoms with Crippen molar-refractivity contribution < 1.29 is 27.5 Å². The van der Waals surface area contributed by atoms with Gasteiger partial charge in [-0.25, -0.2) is 9.18 Å². The molecule has 88 valence electrons. The Labute approximate surface area is 88.6 Å². The number of allylic oxidation sites excluding steroid dienone is 5. The molecule has 0 aromatic carbocycles. The molecule has 2 unspecified atom stereocenters. The molecule has 0 spiro atoms. The molecular weight excluding hydrogens is 228 g/mol. The van der Waals surface area contributed by atoms with Gasteiger partial charge in [0.05, 0.1) is 0 Å². The fourth-order valence-electron chi connectivity index (χ4n) is 1.30. The van der Waals surface area contributed by atoms with E-state index in [-0.39, 0.29) is 0 Å². The number of carbonyl (C=O) groups is 1. The van der Waals surface area contributed by atoms with Crippen molar-refractivity contribution in [3.63, 3.8) is 0 Å². The summed E-state index contributed by atoms with van der Waals surface area (Å²) in [7, 11) is 0. The highest BCUT2D eigenvalue weighted by atomic mass is 19.4. The van der Waals surface area contributed by atoms with Gasteiger partial charge in [-0.15, -0.1) is 0 Å². The average Bonchev–Trinajstić information content (AvgIpc) is 2.14. The summed E-state index contributed by atoms with van der Waals surface area (Å²) in [6.07, 6.45) is -0.387. The van der Waals surface area contributed by atoms with Crippen LogP contribution in [0, 0.1) is 5.92 Å². The van der Waals surface area contributed by atoms with Gasteiger partial charge < -0.3 is 5.11 Å². The third kappa shape index (κ3) is 2.32. The first kappa shape index (κ1) is 12.5. The van der Waals surface area contributed by atoms with E-state index in [1.807, 2.05) is 0 Å². The van der Waals surface area contributed by atoms with E-state index < -0.39 is 23.7 Å². The first-order valence-corrected chi connectivity index (χ1v) is 4.30. The van der Waals surface area contributed by atoms with E-state index in [1.165, 1.54) is 6.08 Å². The minimum absolute atomic E-state index is 0.379. The van der Waals surface area contributed by atoms with Crippen LogP contribution in [0.2, 0.25) is 0 Å². The topological polar surface area (TPSA) is 37.3 Å². The van der Waals surface area contributed by atoms with Crippen LogP contribution in [-0.2, 0) is 4.79 Å². The van der Waals surface area contributed by atoms with Crippen molar-refractivity contribution in [2.75, 3.05) is 0 Å². The van der Waals surface area contributed by atoms with Crippen molar-refractivity contribution in [1.29, 1.82) is 0 Å². The van der Waals surface area contributed by atoms with Crippen LogP contribution in [0.3, 0.4) is 0 Å². The molecule has 0 aliphatic heterocycles. The van der Waals surface area contributed by atoms with Crippen molar-refractivity contribution in [2.45, 2.75) is 11.8 Å². The maximum absolute atomic E-state index is 13.7. The fraction of sp³-hybridized carbons (Fsp3) is 0.300. The highest BCUT2D eigenvalue weighted by molar-refractivity contribution is 5.79. The van der Waals surface area contributed by atoms with E-state index in [0.29, 0.717) is 18.2 Å². The lowest BCUT2D eigenvalue weighted by atomic mass is 9.84. The lowest BCUT2D eigenvalue weighted by Crippen LogP contribution is -2.45. The Morgan fingerprint density at radius 2 is 2.00 bits per heavy atom. The number of carboxylic acid groups (broad SMARTS) is 1. The first-order valence-electron chi connectivity index (χ1n) is 4.30. The van der Waals surface area contributed by atoms with Gasteiger partial charge in [-0.1, -0.05) is 24.3 Å². The largest absolute Gasteiger partial charge is 0.478 e. The minimum Gasteiger partial charge on any atom is -0.478 e. The third-order valence-corrected chi connectivity index (χ3v) is 2.13. The lowest BCUT2D eigenvalue weighted by Gasteiger charge is -2.31. The summed E-state index contributed by atoms with van der Waals surface area (Å²) in [5.41, 5.74) is -3.55. The van der Waals surface area contributed by atoms with Gasteiger partial charge >= 0.3 is 12.1 Å². The number of hydrogen-bond acceptors (Lipinski definition) is 1. The molecule has 1 aliphatic carbocycles. The van der Waals surface area contributed by atoms with Gasteiger partial charge in [-0.3, -0.25) is 0 Å². The van der Waals surface area contributed by atoms with E-state index in [1.54, 1.807) is 0 Å². The molecule has 0 fully saturated rings. The van der Waals surface area contributed by atoms with Crippen LogP contribution >= 0.6 is 0 Å². The van der Waals surface area contributed by atoms with Gasteiger partial charge in [0.15, 0.2) is 0 Å². The van der Waals surface area contributed by atoms with Crippen molar-refractivity contribution in [1.82, 2.24) is 0 Å². The molecule has 0 bridgehead atoms. The van der Waals surface area contributed by atoms with Crippen LogP contribution in [0.4, 0.5) is 17.6 Å². The molecule has 0 amide bonds. The smallest absolute Gasteiger partial charge is 0.427 e. The second-order valence-corrected chi connectivity index (χ2v) is 3.23. The summed E-state index contributed by atoms with van der Waals surface area (Å²) in [6.45, 7) is 0. The van der Waals surface area contributed by atoms with Gasteiger partial charge in [0, 0.05) is 12.0 Å². The van der Waals surface area contributed by atoms with Crippen LogP contribution < -0.4 is 0 Å². The molecular formula is C10H8F4O2. The number of halogens is 4. The molecule has 1 aliphatic rings. The average molecular weight is 236 g/mol. The predicted molar refractivity (Wildman–Crippen MR) is 48.4 cm³/mol. The van der Waals surface area contributed by atoms with Gasteiger partial charge in [-0.2, -0.15) is 13.2 Å². The molecule has 0 heterocycles. The molecule has 0 aromatic rings. The quantitative estimate of drug-likeness (QED) is 0.591. The van der Waals surface area contributed by atoms with Crippen LogP contribution in [0.5, 0.6) is 0 Å². The van der Waals surface area contributed by atoms with E-state index in [4.69, 9.17) is 5.11 Å². The lowest BCUT2D eigenvalue weighted by molar-refractivity contribution is -0.219. The molecule has 0 radical (unpaired) electrons. The number of aliphatic carboxylic acids is 1. The molecule has 16 heavy (non-hydrogen) atoms. The molecule has 1 rings (SSSR count). The highest BCUT2D eigenvalue weighted by Crippen LogP contribution is 2.43. The zero-order chi connectivity index (χ0) is 12.4. The maximum Gasteiger partial charge on any atom is 0.427 e. The second kappa shape index (κ2) is 4.11. The standard InChI is InChI=1S/C10H8F4O2/c11-9(10(12,13)14)6-2-1-3-7(9)4-5-8(15)16/h1-7H,(H,15,16)/b5-4+. The molecule has 6 heteroatoms. The Hall–Kier alpha value is -1.59. The molecule has 2 nitrogen and oxygen atoms in total. The zero-order valence-corrected chi connectivity index (χ0v) is 7.91. The summed E-state index contributed by atoms with van der Waals surface area (Å²) >= 11 is 0. The summed E-state index contributed by atoms with van der Waals surface area (Å²) < 4.78 is 51.1. The first-order chi connectivity index (χ1) is 7.27. The van der Waals surface area contributed by atoms with E-state index in [9.17, 15) is 22.4 Å². The maximum atomic E-state index is 13.7. The van der Waals surface area contributed by atoms with Crippen LogP contribution in [-0.4, -0.2) is 22.9 Å². The second-order valence-electron chi connectivity index (χ2n) is 3.23. The normalized spacial score (nSPS) is 29.9. The van der Waals surface area contributed by atoms with Crippen LogP contribution in [0.15, 0.2) is 36.5 Å². The van der Waals surface area contributed by atoms with E-state index >= 15 is 0 Å². The molecule has 0 saturated carbocycles. The summed E-state index contributed by atoms with van der Waals surface area (Å²) in [6, 6.07) is 0. The van der Waals surface area contributed by atoms with Crippen LogP contribution in [0.25, 0.3) is 0 Å². The molecule has 2 atom stereocenters. The summed E-state index contributed by atoms with van der Waals surface area (Å²) in [5.74, 6) is -3.08. The number of alkyl halides is 4. The fourth-order valence-corrected chi connectivity index (χ4v) is 1.30. The number of rotatable bonds is 2. The zero-order valence-electron chi connectivity index (χ0n) is 7.91. The highest BCUT2D eigenvalue weighted by Gasteiger charge is 2.58. The number of hydrogen-bond donors (Lipinski definition) is 1. The predicted octanol–water partition coefficient (Wildman–Crippen LogP) is 2.64. The summed E-state index contributed by atoms with van der Waals surface area (Å²) in [5, 5.41) is 8.28. The van der Waals surface area contributed by atoms with Gasteiger partial charge in [0.1, 0.15) is 0 Å². The van der Waals surface area contributed by atoms with Crippen molar-refractivity contribution in [2.24, 2.45) is 5.92 Å². The molecule has 1 N–H and O–H groups in total. The van der Waals surface area contributed by atoms with Crippen molar-refractivity contribution in [3.8, 4) is 0 Å². The van der Waals surface area contributed by atoms with Gasteiger partial charge in [0.2, 0.25) is 5.67 Å². The molecule has 0 saturated heterocycles. The third-order valence-electron chi connectivity index (χ3n) is 2.13. The minimum atomic E-state index is -5.08. The van der Waals surface area contributed by atoms with Gasteiger partial charge in [0.25, 0.3) is 0 Å². The Kier molecular flexibility index (Phi) is 3.21. The monoisotopic (exact) mass is 236 g/mol. The molecule has 0 aromatic heterocycles. The Balaban J connectivity index is 3.03. The van der Waals surface area contributed by atoms with E-state index in [2.05, 4.69) is 0 Å². The Morgan fingerprint density at radius 1 is 1.38 bits per heavy atom. The Morgan fingerprint density at radius 3 is 2.50 bits per heavy atom. The van der Waals surface area contributed by atoms with Crippen molar-refractivity contribution >= 4 is 5.97 Å². The number of carboxylic acids is 1. The van der Waals surface area contributed by atoms with Gasteiger partial charge in [-0.05, 0) is 6.08 Å². The van der Waals surface area contributed by atoms with Crippen LogP contribution in [0.1, 0.15) is 0 Å². The SMILES string of the molecule is O=C(O)/C=C/C1C=CC=CC1(F)C(F)(F)F. The Bertz CT molecular complexity index is 368. The summed E-state index contributed by atoms with van der Waals surface area (Å²) in [4.78, 5) is 10.2.